The van der Waals surface area contributed by atoms with Crippen molar-refractivity contribution < 1.29 is 0 Å². The predicted molar refractivity (Wildman–Crippen MR) is 37.2 cm³/mol. The van der Waals surface area contributed by atoms with E-state index >= 15 is 0 Å². The molecule has 0 radical (unpaired) electrons. The molecule has 0 bridgehead atoms. The molecule has 2 heteroatoms. The molecular weight excluding hydrogens is 100 g/mol. The third-order valence-electron chi connectivity index (χ3n) is 0.923. The van der Waals surface area contributed by atoms with E-state index in [1.54, 1.807) is 13.1 Å². The van der Waals surface area contributed by atoms with E-state index < -0.39 is 0 Å². The van der Waals surface area contributed by atoms with Gasteiger partial charge in [-0.3, -0.25) is 4.99 Å². The molecule has 0 unspecified atom stereocenters. The van der Waals surface area contributed by atoms with Gasteiger partial charge < -0.3 is 5.73 Å². The molecule has 0 rings (SSSR count). The van der Waals surface area contributed by atoms with Crippen LogP contribution in [0.5, 0.6) is 0 Å². The Morgan fingerprint density at radius 2 is 2.50 bits per heavy atom. The van der Waals surface area contributed by atoms with Crippen LogP contribution in [0.3, 0.4) is 0 Å². The van der Waals surface area contributed by atoms with Gasteiger partial charge in [-0.15, -0.1) is 0 Å². The first-order valence-corrected chi connectivity index (χ1v) is 2.63. The van der Waals surface area contributed by atoms with Crippen molar-refractivity contribution in [1.29, 1.82) is 0 Å². The van der Waals surface area contributed by atoms with Crippen LogP contribution in [0.2, 0.25) is 0 Å². The molecule has 0 aliphatic carbocycles. The van der Waals surface area contributed by atoms with Crippen molar-refractivity contribution in [2.24, 2.45) is 10.7 Å². The van der Waals surface area contributed by atoms with Crippen molar-refractivity contribution in [2.45, 2.75) is 6.42 Å². The van der Waals surface area contributed by atoms with Crippen molar-refractivity contribution >= 4 is 5.71 Å². The zero-order chi connectivity index (χ0) is 6.41. The maximum Gasteiger partial charge on any atom is 0.0351 e. The van der Waals surface area contributed by atoms with Crippen LogP contribution in [-0.2, 0) is 0 Å². The summed E-state index contributed by atoms with van der Waals surface area (Å²) in [5.41, 5.74) is 6.23. The molecule has 0 aromatic carbocycles. The standard InChI is InChI=1S/C6H12N2/c1-3-6(8-2)4-5-7/h3H,1,4-5,7H2,2H3. The van der Waals surface area contributed by atoms with Crippen molar-refractivity contribution in [3.05, 3.63) is 12.7 Å². The monoisotopic (exact) mass is 112 g/mol. The molecule has 2 nitrogen and oxygen atoms in total. The Morgan fingerprint density at radius 3 is 2.62 bits per heavy atom. The van der Waals surface area contributed by atoms with Gasteiger partial charge in [-0.2, -0.15) is 0 Å². The molecule has 0 heterocycles. The molecule has 0 aromatic heterocycles. The lowest BCUT2D eigenvalue weighted by molar-refractivity contribution is 1.04. The van der Waals surface area contributed by atoms with Gasteiger partial charge in [0.1, 0.15) is 0 Å². The highest BCUT2D eigenvalue weighted by molar-refractivity contribution is 5.94. The second kappa shape index (κ2) is 4.53. The summed E-state index contributed by atoms with van der Waals surface area (Å²) in [6.45, 7) is 4.22. The van der Waals surface area contributed by atoms with Gasteiger partial charge in [0.15, 0.2) is 0 Å². The van der Waals surface area contributed by atoms with Crippen molar-refractivity contribution in [3.63, 3.8) is 0 Å². The number of rotatable bonds is 3. The lowest BCUT2D eigenvalue weighted by Gasteiger charge is -1.92. The van der Waals surface area contributed by atoms with E-state index in [-0.39, 0.29) is 0 Å². The van der Waals surface area contributed by atoms with E-state index in [1.807, 2.05) is 0 Å². The fourth-order valence-electron chi connectivity index (χ4n) is 0.453. The van der Waals surface area contributed by atoms with Gasteiger partial charge in [0.05, 0.1) is 0 Å². The Bertz CT molecular complexity index is 94.7. The summed E-state index contributed by atoms with van der Waals surface area (Å²) in [5, 5.41) is 0. The molecule has 8 heavy (non-hydrogen) atoms. The predicted octanol–water partition coefficient (Wildman–Crippen LogP) is 0.592. The summed E-state index contributed by atoms with van der Waals surface area (Å²) in [7, 11) is 1.74. The molecule has 0 amide bonds. The van der Waals surface area contributed by atoms with E-state index in [2.05, 4.69) is 11.6 Å². The van der Waals surface area contributed by atoms with Gasteiger partial charge in [0.2, 0.25) is 0 Å². The average Bonchev–Trinajstić information content (AvgIpc) is 1.83. The zero-order valence-corrected chi connectivity index (χ0v) is 5.22. The molecular formula is C6H12N2. The van der Waals surface area contributed by atoms with Crippen LogP contribution in [0.15, 0.2) is 17.6 Å². The lowest BCUT2D eigenvalue weighted by atomic mass is 10.3. The van der Waals surface area contributed by atoms with E-state index in [0.717, 1.165) is 12.1 Å². The maximum atomic E-state index is 5.25. The average molecular weight is 112 g/mol. The third kappa shape index (κ3) is 2.53. The second-order valence-corrected chi connectivity index (χ2v) is 1.46. The quantitative estimate of drug-likeness (QED) is 0.533. The van der Waals surface area contributed by atoms with Crippen LogP contribution in [0.1, 0.15) is 6.42 Å². The van der Waals surface area contributed by atoms with Gasteiger partial charge in [0.25, 0.3) is 0 Å². The number of nitrogens with two attached hydrogens (primary N) is 1. The number of hydrogen-bond acceptors (Lipinski definition) is 2. The van der Waals surface area contributed by atoms with Gasteiger partial charge >= 0.3 is 0 Å². The SMILES string of the molecule is C=CC(CCN)=NC. The highest BCUT2D eigenvalue weighted by Crippen LogP contribution is 1.82. The number of aliphatic imine (C=N–C) groups is 1. The summed E-state index contributed by atoms with van der Waals surface area (Å²) in [6, 6.07) is 0. The topological polar surface area (TPSA) is 38.4 Å². The van der Waals surface area contributed by atoms with Crippen LogP contribution < -0.4 is 5.73 Å². The van der Waals surface area contributed by atoms with Gasteiger partial charge in [0, 0.05) is 19.2 Å². The Morgan fingerprint density at radius 1 is 1.88 bits per heavy atom. The fraction of sp³-hybridized carbons (Fsp3) is 0.500. The molecule has 46 valence electrons. The molecule has 0 aliphatic rings. The first-order valence-electron chi connectivity index (χ1n) is 2.63. The van der Waals surface area contributed by atoms with Gasteiger partial charge in [-0.25, -0.2) is 0 Å². The summed E-state index contributed by atoms with van der Waals surface area (Å²) in [5.74, 6) is 0. The molecule has 0 spiro atoms. The van der Waals surface area contributed by atoms with E-state index in [9.17, 15) is 0 Å². The zero-order valence-electron chi connectivity index (χ0n) is 5.22. The third-order valence-corrected chi connectivity index (χ3v) is 0.923. The minimum atomic E-state index is 0.651. The molecule has 0 aliphatic heterocycles. The first-order chi connectivity index (χ1) is 3.85. The first kappa shape index (κ1) is 7.37. The molecule has 0 fully saturated rings. The van der Waals surface area contributed by atoms with Crippen LogP contribution in [0.25, 0.3) is 0 Å². The van der Waals surface area contributed by atoms with Gasteiger partial charge in [-0.1, -0.05) is 6.58 Å². The Hall–Kier alpha value is -0.630. The lowest BCUT2D eigenvalue weighted by Crippen LogP contribution is -2.04. The molecule has 0 saturated heterocycles. The maximum absolute atomic E-state index is 5.25. The summed E-state index contributed by atoms with van der Waals surface area (Å²) < 4.78 is 0. The van der Waals surface area contributed by atoms with Crippen LogP contribution in [0.4, 0.5) is 0 Å². The molecule has 0 aromatic rings. The number of hydrogen-bond donors (Lipinski definition) is 1. The van der Waals surface area contributed by atoms with E-state index in [4.69, 9.17) is 5.73 Å². The smallest absolute Gasteiger partial charge is 0.0351 e. The Labute approximate surface area is 50.1 Å². The molecule has 2 N–H and O–H groups in total. The van der Waals surface area contributed by atoms with Crippen LogP contribution in [0, 0.1) is 0 Å². The van der Waals surface area contributed by atoms with Crippen molar-refractivity contribution in [2.75, 3.05) is 13.6 Å². The van der Waals surface area contributed by atoms with Crippen LogP contribution >= 0.6 is 0 Å². The van der Waals surface area contributed by atoms with Crippen molar-refractivity contribution in [3.8, 4) is 0 Å². The Balaban J connectivity index is 3.54. The molecule has 0 atom stereocenters. The van der Waals surface area contributed by atoms with Crippen LogP contribution in [-0.4, -0.2) is 19.3 Å². The normalized spacial score (nSPS) is 11.5. The number of nitrogens with zero attached hydrogens (tertiary/aromatic N) is 1. The second-order valence-electron chi connectivity index (χ2n) is 1.46. The Kier molecular flexibility index (Phi) is 4.17. The number of allylic oxidation sites excluding steroid dienone is 1. The summed E-state index contributed by atoms with van der Waals surface area (Å²) >= 11 is 0. The van der Waals surface area contributed by atoms with E-state index in [1.165, 1.54) is 0 Å². The van der Waals surface area contributed by atoms with Gasteiger partial charge in [-0.05, 0) is 12.6 Å². The minimum Gasteiger partial charge on any atom is -0.330 e. The largest absolute Gasteiger partial charge is 0.330 e. The molecule has 0 saturated carbocycles. The summed E-state index contributed by atoms with van der Waals surface area (Å²) in [6.07, 6.45) is 2.56. The highest BCUT2D eigenvalue weighted by atomic mass is 14.7. The minimum absolute atomic E-state index is 0.651. The van der Waals surface area contributed by atoms with E-state index in [0.29, 0.717) is 6.54 Å². The highest BCUT2D eigenvalue weighted by Gasteiger charge is 1.85. The fourth-order valence-corrected chi connectivity index (χ4v) is 0.453. The summed E-state index contributed by atoms with van der Waals surface area (Å²) in [4.78, 5) is 3.91. The van der Waals surface area contributed by atoms with Crippen molar-refractivity contribution in [1.82, 2.24) is 0 Å².